The third-order valence-electron chi connectivity index (χ3n) is 13.0. The Hall–Kier alpha value is -6.70. The first-order chi connectivity index (χ1) is 27.8. The third kappa shape index (κ3) is 5.08. The van der Waals surface area contributed by atoms with E-state index in [1.54, 1.807) is 0 Å². The van der Waals surface area contributed by atoms with Crippen LogP contribution in [0.2, 0.25) is 0 Å². The molecule has 272 valence electrons. The topological polar surface area (TPSA) is 3.24 Å². The van der Waals surface area contributed by atoms with Gasteiger partial charge in [0, 0.05) is 27.9 Å². The SMILES string of the molecule is CC1(C)c2ccccc2-c2ccc(N(c3ccc(-c4ccc5ccccc5c4)cc3)c3ccc(-c4c5c(cc6ccccc46)C(C)(C)c4ccccc4-5)cc3)cc21. The third-order valence-corrected chi connectivity index (χ3v) is 13.0. The van der Waals surface area contributed by atoms with Crippen LogP contribution in [-0.2, 0) is 10.8 Å². The molecule has 1 nitrogen and oxygen atoms in total. The van der Waals surface area contributed by atoms with Gasteiger partial charge in [-0.3, -0.25) is 0 Å². The lowest BCUT2D eigenvalue weighted by Gasteiger charge is -2.28. The summed E-state index contributed by atoms with van der Waals surface area (Å²) in [4.78, 5) is 2.43. The van der Waals surface area contributed by atoms with Gasteiger partial charge in [0.1, 0.15) is 0 Å². The van der Waals surface area contributed by atoms with Gasteiger partial charge in [-0.25, -0.2) is 0 Å². The zero-order chi connectivity index (χ0) is 38.5. The summed E-state index contributed by atoms with van der Waals surface area (Å²) in [7, 11) is 0. The zero-order valence-corrected chi connectivity index (χ0v) is 32.8. The number of anilines is 3. The molecular weight excluding hydrogens is 687 g/mol. The van der Waals surface area contributed by atoms with Crippen molar-refractivity contribution in [1.29, 1.82) is 0 Å². The van der Waals surface area contributed by atoms with Crippen LogP contribution in [0.25, 0.3) is 66.1 Å². The number of rotatable bonds is 5. The van der Waals surface area contributed by atoms with E-state index in [0.29, 0.717) is 0 Å². The first-order valence-corrected chi connectivity index (χ1v) is 20.2. The van der Waals surface area contributed by atoms with Crippen molar-refractivity contribution in [1.82, 2.24) is 0 Å². The lowest BCUT2D eigenvalue weighted by molar-refractivity contribution is 0.660. The van der Waals surface area contributed by atoms with Gasteiger partial charge in [0.2, 0.25) is 0 Å². The quantitative estimate of drug-likeness (QED) is 0.170. The highest BCUT2D eigenvalue weighted by atomic mass is 15.1. The summed E-state index contributed by atoms with van der Waals surface area (Å²) >= 11 is 0. The van der Waals surface area contributed by atoms with Gasteiger partial charge in [0.25, 0.3) is 0 Å². The molecule has 0 fully saturated rings. The maximum absolute atomic E-state index is 2.43. The van der Waals surface area contributed by atoms with E-state index in [1.165, 1.54) is 88.3 Å². The molecule has 0 heterocycles. The molecule has 1 heteroatoms. The number of nitrogens with zero attached hydrogens (tertiary/aromatic N) is 1. The number of hydrogen-bond acceptors (Lipinski definition) is 1. The van der Waals surface area contributed by atoms with Crippen LogP contribution in [-0.4, -0.2) is 0 Å². The molecule has 57 heavy (non-hydrogen) atoms. The average molecular weight is 730 g/mol. The fraction of sp³-hybridized carbons (Fsp3) is 0.107. The molecular formula is C56H43N. The van der Waals surface area contributed by atoms with Crippen molar-refractivity contribution in [2.75, 3.05) is 4.90 Å². The highest BCUT2D eigenvalue weighted by Crippen LogP contribution is 2.55. The van der Waals surface area contributed by atoms with Crippen molar-refractivity contribution in [3.05, 3.63) is 210 Å². The van der Waals surface area contributed by atoms with Crippen molar-refractivity contribution >= 4 is 38.6 Å². The highest BCUT2D eigenvalue weighted by molar-refractivity contribution is 6.08. The fourth-order valence-electron chi connectivity index (χ4n) is 10.0. The van der Waals surface area contributed by atoms with Gasteiger partial charge in [-0.2, -0.15) is 0 Å². The maximum Gasteiger partial charge on any atom is 0.0465 e. The Bertz CT molecular complexity index is 3050. The molecule has 0 spiro atoms. The van der Waals surface area contributed by atoms with Gasteiger partial charge >= 0.3 is 0 Å². The average Bonchev–Trinajstić information content (AvgIpc) is 3.62. The molecule has 0 atom stereocenters. The second-order valence-corrected chi connectivity index (χ2v) is 17.0. The van der Waals surface area contributed by atoms with Crippen LogP contribution in [0.4, 0.5) is 17.1 Å². The van der Waals surface area contributed by atoms with Gasteiger partial charge in [-0.1, -0.05) is 167 Å². The van der Waals surface area contributed by atoms with E-state index in [4.69, 9.17) is 0 Å². The van der Waals surface area contributed by atoms with E-state index in [-0.39, 0.29) is 10.8 Å². The van der Waals surface area contributed by atoms with E-state index in [1.807, 2.05) is 0 Å². The number of benzene rings is 9. The lowest BCUT2D eigenvalue weighted by atomic mass is 9.80. The maximum atomic E-state index is 2.43. The van der Waals surface area contributed by atoms with Gasteiger partial charge in [0.05, 0.1) is 0 Å². The van der Waals surface area contributed by atoms with E-state index < -0.39 is 0 Å². The highest BCUT2D eigenvalue weighted by Gasteiger charge is 2.38. The monoisotopic (exact) mass is 729 g/mol. The van der Waals surface area contributed by atoms with Gasteiger partial charge in [-0.05, 0) is 137 Å². The van der Waals surface area contributed by atoms with Crippen LogP contribution < -0.4 is 4.90 Å². The van der Waals surface area contributed by atoms with Crippen molar-refractivity contribution < 1.29 is 0 Å². The Morgan fingerprint density at radius 3 is 1.58 bits per heavy atom. The smallest absolute Gasteiger partial charge is 0.0465 e. The fourth-order valence-corrected chi connectivity index (χ4v) is 10.0. The largest absolute Gasteiger partial charge is 0.310 e. The van der Waals surface area contributed by atoms with Gasteiger partial charge < -0.3 is 4.90 Å². The summed E-state index contributed by atoms with van der Waals surface area (Å²) < 4.78 is 0. The lowest BCUT2D eigenvalue weighted by Crippen LogP contribution is -2.16. The molecule has 9 aromatic rings. The van der Waals surface area contributed by atoms with Crippen molar-refractivity contribution in [2.24, 2.45) is 0 Å². The minimum absolute atomic E-state index is 0.0819. The summed E-state index contributed by atoms with van der Waals surface area (Å²) in [6, 6.07) is 70.0. The minimum atomic E-state index is -0.101. The first kappa shape index (κ1) is 33.6. The predicted molar refractivity (Wildman–Crippen MR) is 242 cm³/mol. The second-order valence-electron chi connectivity index (χ2n) is 17.0. The Balaban J connectivity index is 1.06. The van der Waals surface area contributed by atoms with Crippen LogP contribution in [0, 0.1) is 0 Å². The molecule has 0 saturated carbocycles. The Kier molecular flexibility index (Phi) is 7.32. The molecule has 0 aromatic heterocycles. The number of fused-ring (bicyclic) bond motifs is 8. The van der Waals surface area contributed by atoms with E-state index in [9.17, 15) is 0 Å². The molecule has 0 N–H and O–H groups in total. The summed E-state index contributed by atoms with van der Waals surface area (Å²) in [5.74, 6) is 0. The summed E-state index contributed by atoms with van der Waals surface area (Å²) in [5.41, 5.74) is 19.1. The van der Waals surface area contributed by atoms with Crippen LogP contribution in [0.5, 0.6) is 0 Å². The predicted octanol–water partition coefficient (Wildman–Crippen LogP) is 15.4. The van der Waals surface area contributed by atoms with Gasteiger partial charge in [0.15, 0.2) is 0 Å². The zero-order valence-electron chi connectivity index (χ0n) is 32.8. The van der Waals surface area contributed by atoms with Crippen LogP contribution >= 0.6 is 0 Å². The molecule has 2 aliphatic carbocycles. The second kappa shape index (κ2) is 12.4. The van der Waals surface area contributed by atoms with E-state index in [0.717, 1.165) is 17.1 Å². The normalized spacial score (nSPS) is 14.2. The van der Waals surface area contributed by atoms with E-state index in [2.05, 4.69) is 221 Å². The summed E-state index contributed by atoms with van der Waals surface area (Å²) in [6.07, 6.45) is 0. The molecule has 0 unspecified atom stereocenters. The minimum Gasteiger partial charge on any atom is -0.310 e. The van der Waals surface area contributed by atoms with Crippen LogP contribution in [0.1, 0.15) is 49.9 Å². The molecule has 0 amide bonds. The standard InChI is InChI=1S/C56H43N/c1-55(2)49-19-11-9-17-46(49)47-32-31-44(35-51(47)55)57(42-27-23-37(24-28-42)40-22-21-36-13-5-6-14-39(36)33-40)43-29-25-38(26-30-43)53-45-16-8-7-15-41(45)34-52-54(53)48-18-10-12-20-50(48)56(52,3)4/h5-35H,1-4H3. The Morgan fingerprint density at radius 1 is 0.316 bits per heavy atom. The Morgan fingerprint density at radius 2 is 0.842 bits per heavy atom. The van der Waals surface area contributed by atoms with Crippen molar-refractivity contribution in [2.45, 2.75) is 38.5 Å². The molecule has 9 aromatic carbocycles. The molecule has 2 aliphatic rings. The van der Waals surface area contributed by atoms with Crippen molar-refractivity contribution in [3.63, 3.8) is 0 Å². The summed E-state index contributed by atoms with van der Waals surface area (Å²) in [6.45, 7) is 9.47. The van der Waals surface area contributed by atoms with Crippen LogP contribution in [0.15, 0.2) is 188 Å². The molecule has 0 radical (unpaired) electrons. The number of hydrogen-bond donors (Lipinski definition) is 0. The van der Waals surface area contributed by atoms with E-state index >= 15 is 0 Å². The summed E-state index contributed by atoms with van der Waals surface area (Å²) in [5, 5.41) is 5.09. The van der Waals surface area contributed by atoms with Crippen LogP contribution in [0.3, 0.4) is 0 Å². The van der Waals surface area contributed by atoms with Crippen molar-refractivity contribution in [3.8, 4) is 44.5 Å². The first-order valence-electron chi connectivity index (χ1n) is 20.2. The molecule has 11 rings (SSSR count). The Labute approximate surface area is 335 Å². The van der Waals surface area contributed by atoms with Gasteiger partial charge in [-0.15, -0.1) is 0 Å². The molecule has 0 bridgehead atoms. The molecule has 0 aliphatic heterocycles. The molecule has 0 saturated heterocycles.